The van der Waals surface area contributed by atoms with Gasteiger partial charge in [-0.05, 0) is 28.1 Å². The van der Waals surface area contributed by atoms with Crippen LogP contribution in [0, 0.1) is 5.82 Å². The summed E-state index contributed by atoms with van der Waals surface area (Å²) in [5.74, 6) is 0.517. The fourth-order valence-corrected chi connectivity index (χ4v) is 2.72. The van der Waals surface area contributed by atoms with Gasteiger partial charge < -0.3 is 0 Å². The second-order valence-corrected chi connectivity index (χ2v) is 5.21. The number of hydrogen-bond acceptors (Lipinski definition) is 3. The molecule has 0 N–H and O–H groups in total. The van der Waals surface area contributed by atoms with E-state index in [9.17, 15) is 4.39 Å². The third-order valence-electron chi connectivity index (χ3n) is 2.09. The molecule has 0 saturated heterocycles. The van der Waals surface area contributed by atoms with E-state index in [1.165, 1.54) is 17.8 Å². The minimum Gasteiger partial charge on any atom is -0.226 e. The highest BCUT2D eigenvalue weighted by atomic mass is 79.9. The number of benzene rings is 1. The molecule has 1 aromatic heterocycles. The Bertz CT molecular complexity index is 534. The molecule has 0 unspecified atom stereocenters. The van der Waals surface area contributed by atoms with E-state index in [1.807, 2.05) is 13.0 Å². The number of halogens is 2. The van der Waals surface area contributed by atoms with Gasteiger partial charge in [0.25, 0.3) is 0 Å². The zero-order valence-electron chi connectivity index (χ0n) is 9.15. The van der Waals surface area contributed by atoms with Crippen LogP contribution in [0.25, 0.3) is 0 Å². The van der Waals surface area contributed by atoms with Gasteiger partial charge in [0.05, 0.1) is 0 Å². The van der Waals surface area contributed by atoms with E-state index in [4.69, 9.17) is 0 Å². The lowest BCUT2D eigenvalue weighted by Gasteiger charge is -2.04. The van der Waals surface area contributed by atoms with E-state index in [0.717, 1.165) is 21.9 Å². The third-order valence-corrected chi connectivity index (χ3v) is 3.46. The van der Waals surface area contributed by atoms with Crippen LogP contribution in [0.1, 0.15) is 12.7 Å². The monoisotopic (exact) mass is 312 g/mol. The van der Waals surface area contributed by atoms with E-state index in [2.05, 4.69) is 25.9 Å². The standard InChI is InChI=1S/C12H10BrFN2S/c1-2-11-15-10(13)7-12(16-11)17-9-6-4-3-5-8(9)14/h3-7H,2H2,1H3. The number of nitrogens with zero attached hydrogens (tertiary/aromatic N) is 2. The van der Waals surface area contributed by atoms with Gasteiger partial charge in [0.2, 0.25) is 0 Å². The Labute approximate surface area is 112 Å². The third kappa shape index (κ3) is 3.26. The highest BCUT2D eigenvalue weighted by Crippen LogP contribution is 2.29. The first kappa shape index (κ1) is 12.5. The Balaban J connectivity index is 2.30. The van der Waals surface area contributed by atoms with Crippen molar-refractivity contribution < 1.29 is 4.39 Å². The molecule has 0 aliphatic heterocycles. The van der Waals surface area contributed by atoms with Gasteiger partial charge in [0.1, 0.15) is 21.3 Å². The summed E-state index contributed by atoms with van der Waals surface area (Å²) in [7, 11) is 0. The van der Waals surface area contributed by atoms with Crippen LogP contribution >= 0.6 is 27.7 Å². The van der Waals surface area contributed by atoms with Gasteiger partial charge >= 0.3 is 0 Å². The minimum absolute atomic E-state index is 0.231. The average Bonchev–Trinajstić information content (AvgIpc) is 2.31. The molecular weight excluding hydrogens is 303 g/mol. The molecule has 0 amide bonds. The molecule has 2 aromatic rings. The van der Waals surface area contributed by atoms with E-state index in [-0.39, 0.29) is 5.82 Å². The van der Waals surface area contributed by atoms with Crippen molar-refractivity contribution in [2.75, 3.05) is 0 Å². The predicted octanol–water partition coefficient (Wildman–Crippen LogP) is 4.09. The van der Waals surface area contributed by atoms with Gasteiger partial charge in [-0.15, -0.1) is 0 Å². The van der Waals surface area contributed by atoms with Gasteiger partial charge in [-0.25, -0.2) is 14.4 Å². The summed E-state index contributed by atoms with van der Waals surface area (Å²) in [6.07, 6.45) is 0.754. The number of hydrogen-bond donors (Lipinski definition) is 0. The maximum atomic E-state index is 13.5. The van der Waals surface area contributed by atoms with Crippen LogP contribution in [-0.2, 0) is 6.42 Å². The lowest BCUT2D eigenvalue weighted by molar-refractivity contribution is 0.602. The summed E-state index contributed by atoms with van der Waals surface area (Å²) < 4.78 is 14.2. The van der Waals surface area contributed by atoms with Crippen LogP contribution in [0.3, 0.4) is 0 Å². The van der Waals surface area contributed by atoms with Crippen molar-refractivity contribution in [3.63, 3.8) is 0 Å². The Hall–Kier alpha value is -0.940. The highest BCUT2D eigenvalue weighted by molar-refractivity contribution is 9.10. The topological polar surface area (TPSA) is 25.8 Å². The first-order valence-corrected chi connectivity index (χ1v) is 6.76. The molecule has 0 saturated carbocycles. The summed E-state index contributed by atoms with van der Waals surface area (Å²) in [6.45, 7) is 1.99. The molecule has 1 aromatic carbocycles. The van der Waals surface area contributed by atoms with Crippen molar-refractivity contribution in [1.29, 1.82) is 0 Å². The van der Waals surface area contributed by atoms with Crippen molar-refractivity contribution >= 4 is 27.7 Å². The molecular formula is C12H10BrFN2S. The van der Waals surface area contributed by atoms with Gasteiger partial charge in [0, 0.05) is 17.4 Å². The Morgan fingerprint density at radius 2 is 2.06 bits per heavy atom. The Morgan fingerprint density at radius 1 is 1.29 bits per heavy atom. The summed E-state index contributed by atoms with van der Waals surface area (Å²) in [4.78, 5) is 9.13. The number of rotatable bonds is 3. The first-order valence-electron chi connectivity index (χ1n) is 5.15. The Morgan fingerprint density at radius 3 is 2.76 bits per heavy atom. The number of aromatic nitrogens is 2. The molecule has 0 aliphatic rings. The molecule has 0 fully saturated rings. The second kappa shape index (κ2) is 5.60. The summed E-state index contributed by atoms with van der Waals surface area (Å²) in [5.41, 5.74) is 0. The second-order valence-electron chi connectivity index (χ2n) is 3.33. The maximum absolute atomic E-state index is 13.5. The molecule has 0 bridgehead atoms. The molecule has 17 heavy (non-hydrogen) atoms. The van der Waals surface area contributed by atoms with Crippen LogP contribution < -0.4 is 0 Å². The quantitative estimate of drug-likeness (QED) is 0.798. The average molecular weight is 313 g/mol. The molecule has 1 heterocycles. The van der Waals surface area contributed by atoms with Crippen LogP contribution in [0.5, 0.6) is 0 Å². The number of aryl methyl sites for hydroxylation is 1. The van der Waals surface area contributed by atoms with Crippen molar-refractivity contribution in [1.82, 2.24) is 9.97 Å². The van der Waals surface area contributed by atoms with Crippen molar-refractivity contribution in [2.45, 2.75) is 23.3 Å². The van der Waals surface area contributed by atoms with Crippen molar-refractivity contribution in [3.05, 3.63) is 46.6 Å². The molecule has 88 valence electrons. The van der Waals surface area contributed by atoms with Crippen LogP contribution in [0.2, 0.25) is 0 Å². The summed E-state index contributed by atoms with van der Waals surface area (Å²) >= 11 is 4.63. The van der Waals surface area contributed by atoms with Crippen LogP contribution in [0.15, 0.2) is 44.9 Å². The van der Waals surface area contributed by atoms with Crippen molar-refractivity contribution in [3.8, 4) is 0 Å². The van der Waals surface area contributed by atoms with Crippen LogP contribution in [0.4, 0.5) is 4.39 Å². The lowest BCUT2D eigenvalue weighted by atomic mass is 10.3. The van der Waals surface area contributed by atoms with Gasteiger partial charge in [-0.1, -0.05) is 30.8 Å². The van der Waals surface area contributed by atoms with E-state index in [1.54, 1.807) is 18.2 Å². The maximum Gasteiger partial charge on any atom is 0.137 e. The normalized spacial score (nSPS) is 10.5. The van der Waals surface area contributed by atoms with Crippen molar-refractivity contribution in [2.24, 2.45) is 0 Å². The van der Waals surface area contributed by atoms with E-state index >= 15 is 0 Å². The summed E-state index contributed by atoms with van der Waals surface area (Å²) in [6, 6.07) is 8.45. The van der Waals surface area contributed by atoms with Gasteiger partial charge in [-0.2, -0.15) is 0 Å². The molecule has 0 aliphatic carbocycles. The van der Waals surface area contributed by atoms with Gasteiger partial charge in [0.15, 0.2) is 0 Å². The highest BCUT2D eigenvalue weighted by Gasteiger charge is 2.07. The first-order chi connectivity index (χ1) is 8.19. The predicted molar refractivity (Wildman–Crippen MR) is 69.6 cm³/mol. The minimum atomic E-state index is -0.231. The Kier molecular flexibility index (Phi) is 4.12. The van der Waals surface area contributed by atoms with Crippen LogP contribution in [-0.4, -0.2) is 9.97 Å². The van der Waals surface area contributed by atoms with E-state index in [0.29, 0.717) is 4.90 Å². The fourth-order valence-electron chi connectivity index (χ4n) is 1.29. The smallest absolute Gasteiger partial charge is 0.137 e. The molecule has 5 heteroatoms. The molecule has 2 nitrogen and oxygen atoms in total. The summed E-state index contributed by atoms with van der Waals surface area (Å²) in [5, 5.41) is 0.744. The largest absolute Gasteiger partial charge is 0.226 e. The van der Waals surface area contributed by atoms with Gasteiger partial charge in [-0.3, -0.25) is 0 Å². The zero-order valence-corrected chi connectivity index (χ0v) is 11.6. The molecule has 0 atom stereocenters. The molecule has 2 rings (SSSR count). The molecule has 0 radical (unpaired) electrons. The SMILES string of the molecule is CCc1nc(Br)cc(Sc2ccccc2F)n1. The van der Waals surface area contributed by atoms with E-state index < -0.39 is 0 Å². The lowest BCUT2D eigenvalue weighted by Crippen LogP contribution is -1.94. The zero-order chi connectivity index (χ0) is 12.3. The fraction of sp³-hybridized carbons (Fsp3) is 0.167. The molecule has 0 spiro atoms.